The predicted octanol–water partition coefficient (Wildman–Crippen LogP) is 1.84. The molecule has 0 spiro atoms. The molecule has 5 nitrogen and oxygen atoms in total. The first-order valence-electron chi connectivity index (χ1n) is 7.40. The molecule has 2 rings (SSSR count). The van der Waals surface area contributed by atoms with Crippen LogP contribution in [0.3, 0.4) is 0 Å². The van der Waals surface area contributed by atoms with Gasteiger partial charge in [0.2, 0.25) is 15.9 Å². The van der Waals surface area contributed by atoms with Crippen molar-refractivity contribution in [1.29, 1.82) is 0 Å². The van der Waals surface area contributed by atoms with E-state index in [2.05, 4.69) is 10.0 Å². The van der Waals surface area contributed by atoms with Gasteiger partial charge in [-0.3, -0.25) is 4.79 Å². The lowest BCUT2D eigenvalue weighted by atomic mass is 10.2. The zero-order chi connectivity index (χ0) is 16.7. The summed E-state index contributed by atoms with van der Waals surface area (Å²) in [4.78, 5) is 11.9. The lowest BCUT2D eigenvalue weighted by molar-refractivity contribution is -0.120. The molecule has 122 valence electrons. The number of benzene rings is 2. The smallest absolute Gasteiger partial charge is 0.241 e. The Morgan fingerprint density at radius 1 is 0.957 bits per heavy atom. The van der Waals surface area contributed by atoms with E-state index in [1.165, 1.54) is 0 Å². The molecule has 0 aliphatic carbocycles. The molecule has 2 aromatic rings. The maximum absolute atomic E-state index is 12.1. The largest absolute Gasteiger partial charge is 0.351 e. The summed E-state index contributed by atoms with van der Waals surface area (Å²) >= 11 is 0. The zero-order valence-corrected chi connectivity index (χ0v) is 13.8. The molecule has 0 fully saturated rings. The van der Waals surface area contributed by atoms with Crippen molar-refractivity contribution in [3.63, 3.8) is 0 Å². The van der Waals surface area contributed by atoms with Crippen LogP contribution in [-0.2, 0) is 27.8 Å². The van der Waals surface area contributed by atoms with Crippen LogP contribution in [0.5, 0.6) is 0 Å². The maximum atomic E-state index is 12.1. The SMILES string of the molecule is CCc1ccc(S(=O)(=O)NCC(=O)NCc2ccccc2)cc1. The first-order chi connectivity index (χ1) is 11.0. The van der Waals surface area contributed by atoms with Gasteiger partial charge in [-0.15, -0.1) is 0 Å². The monoisotopic (exact) mass is 332 g/mol. The molecule has 1 amide bonds. The highest BCUT2D eigenvalue weighted by Crippen LogP contribution is 2.10. The molecule has 0 heterocycles. The van der Waals surface area contributed by atoms with E-state index in [0.29, 0.717) is 6.54 Å². The minimum absolute atomic E-state index is 0.158. The van der Waals surface area contributed by atoms with Crippen LogP contribution in [0, 0.1) is 0 Å². The number of hydrogen-bond donors (Lipinski definition) is 2. The molecule has 2 aromatic carbocycles. The van der Waals surface area contributed by atoms with Gasteiger partial charge in [-0.25, -0.2) is 13.1 Å². The van der Waals surface area contributed by atoms with E-state index in [4.69, 9.17) is 0 Å². The summed E-state index contributed by atoms with van der Waals surface area (Å²) in [6.45, 7) is 2.08. The number of carbonyl (C=O) groups is 1. The van der Waals surface area contributed by atoms with Crippen molar-refractivity contribution < 1.29 is 13.2 Å². The fourth-order valence-corrected chi connectivity index (χ4v) is 2.99. The van der Waals surface area contributed by atoms with E-state index in [9.17, 15) is 13.2 Å². The average molecular weight is 332 g/mol. The van der Waals surface area contributed by atoms with Crippen molar-refractivity contribution in [2.75, 3.05) is 6.54 Å². The molecule has 0 bridgehead atoms. The van der Waals surface area contributed by atoms with Gasteiger partial charge in [0.15, 0.2) is 0 Å². The number of rotatable bonds is 7. The normalized spacial score (nSPS) is 11.2. The van der Waals surface area contributed by atoms with Crippen LogP contribution in [0.25, 0.3) is 0 Å². The minimum Gasteiger partial charge on any atom is -0.351 e. The predicted molar refractivity (Wildman–Crippen MR) is 89.3 cm³/mol. The molecule has 0 aliphatic heterocycles. The number of nitrogens with one attached hydrogen (secondary N) is 2. The quantitative estimate of drug-likeness (QED) is 0.812. The second-order valence-electron chi connectivity index (χ2n) is 5.08. The number of amides is 1. The fraction of sp³-hybridized carbons (Fsp3) is 0.235. The third-order valence-electron chi connectivity index (χ3n) is 3.40. The van der Waals surface area contributed by atoms with E-state index in [-0.39, 0.29) is 17.3 Å². The first-order valence-corrected chi connectivity index (χ1v) is 8.89. The Hall–Kier alpha value is -2.18. The Bertz CT molecular complexity index is 741. The van der Waals surface area contributed by atoms with Gasteiger partial charge in [-0.2, -0.15) is 0 Å². The standard InChI is InChI=1S/C17H20N2O3S/c1-2-14-8-10-16(11-9-14)23(21,22)19-13-17(20)18-12-15-6-4-3-5-7-15/h3-11,19H,2,12-13H2,1H3,(H,18,20). The van der Waals surface area contributed by atoms with Gasteiger partial charge in [0, 0.05) is 6.54 Å². The second kappa shape index (κ2) is 7.89. The maximum Gasteiger partial charge on any atom is 0.241 e. The highest BCUT2D eigenvalue weighted by atomic mass is 32.2. The number of aryl methyl sites for hydroxylation is 1. The minimum atomic E-state index is -3.67. The molecule has 6 heteroatoms. The van der Waals surface area contributed by atoms with Crippen molar-refractivity contribution in [3.8, 4) is 0 Å². The summed E-state index contributed by atoms with van der Waals surface area (Å²) in [6, 6.07) is 16.1. The molecule has 23 heavy (non-hydrogen) atoms. The lowest BCUT2D eigenvalue weighted by Gasteiger charge is -2.08. The highest BCUT2D eigenvalue weighted by molar-refractivity contribution is 7.89. The van der Waals surface area contributed by atoms with Gasteiger partial charge >= 0.3 is 0 Å². The summed E-state index contributed by atoms with van der Waals surface area (Å²) in [5, 5.41) is 2.68. The van der Waals surface area contributed by atoms with E-state index < -0.39 is 10.0 Å². The van der Waals surface area contributed by atoms with Gasteiger partial charge in [-0.05, 0) is 29.7 Å². The van der Waals surface area contributed by atoms with E-state index >= 15 is 0 Å². The lowest BCUT2D eigenvalue weighted by Crippen LogP contribution is -2.36. The Kier molecular flexibility index (Phi) is 5.90. The Labute approximate surface area is 136 Å². The summed E-state index contributed by atoms with van der Waals surface area (Å²) < 4.78 is 26.5. The van der Waals surface area contributed by atoms with Crippen molar-refractivity contribution in [1.82, 2.24) is 10.0 Å². The van der Waals surface area contributed by atoms with E-state index in [0.717, 1.165) is 17.5 Å². The molecular weight excluding hydrogens is 312 g/mol. The van der Waals surface area contributed by atoms with Gasteiger partial charge in [-0.1, -0.05) is 49.4 Å². The molecule has 0 unspecified atom stereocenters. The van der Waals surface area contributed by atoms with Crippen molar-refractivity contribution in [3.05, 3.63) is 65.7 Å². The third-order valence-corrected chi connectivity index (χ3v) is 4.81. The second-order valence-corrected chi connectivity index (χ2v) is 6.85. The summed E-state index contributed by atoms with van der Waals surface area (Å²) in [5.74, 6) is -0.373. The third kappa shape index (κ3) is 5.19. The van der Waals surface area contributed by atoms with E-state index in [1.807, 2.05) is 37.3 Å². The molecule has 0 saturated carbocycles. The average Bonchev–Trinajstić information content (AvgIpc) is 2.59. The highest BCUT2D eigenvalue weighted by Gasteiger charge is 2.15. The molecule has 0 aromatic heterocycles. The van der Waals surface area contributed by atoms with Crippen molar-refractivity contribution in [2.45, 2.75) is 24.8 Å². The topological polar surface area (TPSA) is 75.3 Å². The Morgan fingerprint density at radius 2 is 1.61 bits per heavy atom. The van der Waals surface area contributed by atoms with E-state index in [1.54, 1.807) is 24.3 Å². The van der Waals surface area contributed by atoms with Crippen LogP contribution in [0.15, 0.2) is 59.5 Å². The molecule has 0 radical (unpaired) electrons. The molecular formula is C17H20N2O3S. The van der Waals surface area contributed by atoms with Crippen LogP contribution < -0.4 is 10.0 Å². The number of sulfonamides is 1. The van der Waals surface area contributed by atoms with Crippen LogP contribution in [-0.4, -0.2) is 20.9 Å². The Balaban J connectivity index is 1.87. The molecule has 0 aliphatic rings. The molecule has 0 saturated heterocycles. The first kappa shape index (κ1) is 17.2. The number of carbonyl (C=O) groups excluding carboxylic acids is 1. The van der Waals surface area contributed by atoms with Crippen LogP contribution in [0.1, 0.15) is 18.1 Å². The Morgan fingerprint density at radius 3 is 2.22 bits per heavy atom. The zero-order valence-electron chi connectivity index (χ0n) is 13.0. The van der Waals surface area contributed by atoms with Crippen LogP contribution in [0.4, 0.5) is 0 Å². The van der Waals surface area contributed by atoms with Gasteiger partial charge in [0.1, 0.15) is 0 Å². The van der Waals surface area contributed by atoms with Crippen molar-refractivity contribution >= 4 is 15.9 Å². The summed E-state index contributed by atoms with van der Waals surface area (Å²) in [7, 11) is -3.67. The molecule has 2 N–H and O–H groups in total. The van der Waals surface area contributed by atoms with Gasteiger partial charge in [0.25, 0.3) is 0 Å². The van der Waals surface area contributed by atoms with Gasteiger partial charge in [0.05, 0.1) is 11.4 Å². The summed E-state index contributed by atoms with van der Waals surface area (Å²) in [5.41, 5.74) is 2.02. The van der Waals surface area contributed by atoms with Crippen LogP contribution >= 0.6 is 0 Å². The fourth-order valence-electron chi connectivity index (χ4n) is 2.01. The van der Waals surface area contributed by atoms with Gasteiger partial charge < -0.3 is 5.32 Å². The molecule has 0 atom stereocenters. The van der Waals surface area contributed by atoms with Crippen molar-refractivity contribution in [2.24, 2.45) is 0 Å². The summed E-state index contributed by atoms with van der Waals surface area (Å²) in [6.07, 6.45) is 0.843. The van der Waals surface area contributed by atoms with Crippen LogP contribution in [0.2, 0.25) is 0 Å². The number of hydrogen-bond acceptors (Lipinski definition) is 3.